The van der Waals surface area contributed by atoms with E-state index in [-0.39, 0.29) is 17.6 Å². The van der Waals surface area contributed by atoms with Gasteiger partial charge in [0.2, 0.25) is 5.78 Å². The number of ketones is 2. The van der Waals surface area contributed by atoms with Crippen molar-refractivity contribution in [2.24, 2.45) is 17.6 Å². The number of hydrogen-bond donors (Lipinski definition) is 5. The Kier molecular flexibility index (Phi) is 4.92. The molecule has 1 amide bonds. The molecule has 4 atom stereocenters. The lowest BCUT2D eigenvalue weighted by molar-refractivity contribution is -0.154. The molecule has 3 aliphatic carbocycles. The van der Waals surface area contributed by atoms with Crippen molar-refractivity contribution < 1.29 is 34.8 Å². The molecule has 3 unspecified atom stereocenters. The van der Waals surface area contributed by atoms with E-state index in [4.69, 9.17) is 5.73 Å². The Balaban J connectivity index is 2.30. The minimum atomic E-state index is -2.60. The van der Waals surface area contributed by atoms with Gasteiger partial charge in [-0.1, -0.05) is 6.08 Å². The van der Waals surface area contributed by atoms with Crippen molar-refractivity contribution >= 4 is 17.5 Å². The lowest BCUT2D eigenvalue weighted by Gasteiger charge is -2.50. The Morgan fingerprint density at radius 1 is 1.28 bits per heavy atom. The summed E-state index contributed by atoms with van der Waals surface area (Å²) in [6.07, 6.45) is 2.75. The summed E-state index contributed by atoms with van der Waals surface area (Å²) < 4.78 is 0. The molecule has 0 aliphatic heterocycles. The summed E-state index contributed by atoms with van der Waals surface area (Å²) in [4.78, 5) is 39.5. The van der Waals surface area contributed by atoms with Crippen molar-refractivity contribution in [1.82, 2.24) is 4.90 Å². The molecule has 0 spiro atoms. The van der Waals surface area contributed by atoms with E-state index in [9.17, 15) is 34.8 Å². The summed E-state index contributed by atoms with van der Waals surface area (Å²) in [6, 6.07) is -1.07. The van der Waals surface area contributed by atoms with E-state index >= 15 is 0 Å². The number of carbonyl (C=O) groups excluding carboxylic acids is 3. The molecule has 0 radical (unpaired) electrons. The predicted octanol–water partition coefficient (Wildman–Crippen LogP) is 0.337. The number of rotatable bonds is 2. The van der Waals surface area contributed by atoms with Crippen LogP contribution >= 0.6 is 0 Å². The van der Waals surface area contributed by atoms with E-state index in [2.05, 4.69) is 0 Å². The maximum absolute atomic E-state index is 13.4. The van der Waals surface area contributed by atoms with Crippen LogP contribution in [0.4, 0.5) is 0 Å². The number of carbonyl (C=O) groups is 3. The van der Waals surface area contributed by atoms with Crippen LogP contribution in [-0.2, 0) is 14.4 Å². The van der Waals surface area contributed by atoms with Crippen molar-refractivity contribution in [2.75, 3.05) is 14.1 Å². The van der Waals surface area contributed by atoms with Crippen LogP contribution in [0.15, 0.2) is 46.1 Å². The molecule has 0 aromatic carbocycles. The number of likely N-dealkylation sites (N-methyl/N-ethyl adjacent to an activating group) is 1. The molecule has 156 valence electrons. The summed E-state index contributed by atoms with van der Waals surface area (Å²) in [5.74, 6) is -6.22. The second-order valence-electron chi connectivity index (χ2n) is 7.82. The van der Waals surface area contributed by atoms with Crippen LogP contribution in [0.3, 0.4) is 0 Å². The van der Waals surface area contributed by atoms with Gasteiger partial charge < -0.3 is 26.2 Å². The van der Waals surface area contributed by atoms with E-state index in [1.807, 2.05) is 0 Å². The highest BCUT2D eigenvalue weighted by molar-refractivity contribution is 6.24. The molecular formula is C20H24N2O7. The van der Waals surface area contributed by atoms with Gasteiger partial charge in [0, 0.05) is 11.5 Å². The highest BCUT2D eigenvalue weighted by Gasteiger charge is 2.64. The van der Waals surface area contributed by atoms with Gasteiger partial charge >= 0.3 is 0 Å². The standard InChI is InChI=1S/C20H24N2O7/c1-4-8-5-9-6-11-14(22(2)3)16(25)13(19(21)28)18(27)20(11,29)17(26)12(9)15(24)10(8)7-23/h4,7,9,11,14,23-24,27,29H,5-6H2,1-3H3,(H2,21,28)/b8-4+,10-7-/t9?,11?,14?,20-/m0/s1. The maximum Gasteiger partial charge on any atom is 0.255 e. The van der Waals surface area contributed by atoms with Gasteiger partial charge in [-0.25, -0.2) is 0 Å². The van der Waals surface area contributed by atoms with Crippen molar-refractivity contribution in [1.29, 1.82) is 0 Å². The SMILES string of the molecule is C/C=C1\CC2CC3C(N(C)C)C(=O)C(C(N)=O)=C(O)[C@@]3(O)C(=O)C2=C(O)\C1=C/O. The number of nitrogens with two attached hydrogens (primary N) is 1. The normalized spacial score (nSPS) is 35.4. The minimum Gasteiger partial charge on any atom is -0.515 e. The molecule has 9 nitrogen and oxygen atoms in total. The molecule has 6 N–H and O–H groups in total. The summed E-state index contributed by atoms with van der Waals surface area (Å²) >= 11 is 0. The minimum absolute atomic E-state index is 0.0452. The van der Waals surface area contributed by atoms with Gasteiger partial charge in [-0.15, -0.1) is 0 Å². The van der Waals surface area contributed by atoms with Crippen LogP contribution < -0.4 is 5.73 Å². The van der Waals surface area contributed by atoms with E-state index in [1.165, 1.54) is 4.90 Å². The molecule has 3 aliphatic rings. The monoisotopic (exact) mass is 404 g/mol. The highest BCUT2D eigenvalue weighted by Crippen LogP contribution is 2.52. The topological polar surface area (TPSA) is 161 Å². The van der Waals surface area contributed by atoms with Crippen LogP contribution in [0.25, 0.3) is 0 Å². The highest BCUT2D eigenvalue weighted by atomic mass is 16.3. The molecule has 0 saturated heterocycles. The first-order valence-corrected chi connectivity index (χ1v) is 9.17. The maximum atomic E-state index is 13.4. The quantitative estimate of drug-likeness (QED) is 0.325. The zero-order chi connectivity index (χ0) is 21.8. The van der Waals surface area contributed by atoms with Crippen molar-refractivity contribution in [3.63, 3.8) is 0 Å². The fourth-order valence-electron chi connectivity index (χ4n) is 4.84. The number of nitrogens with zero attached hydrogens (tertiary/aromatic N) is 1. The summed E-state index contributed by atoms with van der Waals surface area (Å²) in [5, 5.41) is 42.1. The van der Waals surface area contributed by atoms with E-state index in [0.717, 1.165) is 0 Å². The van der Waals surface area contributed by atoms with Gasteiger partial charge in [0.05, 0.1) is 17.9 Å². The summed E-state index contributed by atoms with van der Waals surface area (Å²) in [5.41, 5.74) is 2.33. The molecule has 1 fully saturated rings. The lowest BCUT2D eigenvalue weighted by Crippen LogP contribution is -2.65. The Labute approximate surface area is 167 Å². The van der Waals surface area contributed by atoms with Gasteiger partial charge in [0.1, 0.15) is 17.1 Å². The zero-order valence-corrected chi connectivity index (χ0v) is 16.3. The summed E-state index contributed by atoms with van der Waals surface area (Å²) in [7, 11) is 3.12. The van der Waals surface area contributed by atoms with Crippen LogP contribution in [-0.4, -0.2) is 68.5 Å². The Morgan fingerprint density at radius 3 is 2.38 bits per heavy atom. The second kappa shape index (κ2) is 6.85. The third-order valence-corrected chi connectivity index (χ3v) is 6.17. The first kappa shape index (κ1) is 20.8. The number of aliphatic hydroxyl groups excluding tert-OH is 3. The predicted molar refractivity (Wildman–Crippen MR) is 102 cm³/mol. The van der Waals surface area contributed by atoms with Crippen LogP contribution in [0.1, 0.15) is 19.8 Å². The third kappa shape index (κ3) is 2.65. The van der Waals surface area contributed by atoms with Gasteiger partial charge in [0.15, 0.2) is 11.4 Å². The Morgan fingerprint density at radius 2 is 1.90 bits per heavy atom. The fourth-order valence-corrected chi connectivity index (χ4v) is 4.84. The molecule has 3 rings (SSSR count). The largest absolute Gasteiger partial charge is 0.515 e. The molecule has 0 heterocycles. The number of fused-ring (bicyclic) bond motifs is 2. The van der Waals surface area contributed by atoms with Crippen LogP contribution in [0.2, 0.25) is 0 Å². The smallest absolute Gasteiger partial charge is 0.255 e. The van der Waals surface area contributed by atoms with Crippen molar-refractivity contribution in [3.05, 3.63) is 46.1 Å². The van der Waals surface area contributed by atoms with Gasteiger partial charge in [0.25, 0.3) is 5.91 Å². The number of amides is 1. The molecule has 0 aromatic heterocycles. The van der Waals surface area contributed by atoms with Crippen molar-refractivity contribution in [2.45, 2.75) is 31.4 Å². The van der Waals surface area contributed by atoms with Crippen molar-refractivity contribution in [3.8, 4) is 0 Å². The second-order valence-corrected chi connectivity index (χ2v) is 7.82. The first-order chi connectivity index (χ1) is 13.5. The lowest BCUT2D eigenvalue weighted by atomic mass is 9.57. The van der Waals surface area contributed by atoms with E-state index in [1.54, 1.807) is 27.1 Å². The number of Topliss-reactive ketones (excluding diaryl/α,β-unsaturated/α-hetero) is 2. The number of aliphatic hydroxyl groups is 4. The van der Waals surface area contributed by atoms with Gasteiger partial charge in [-0.05, 0) is 45.4 Å². The first-order valence-electron chi connectivity index (χ1n) is 9.17. The number of hydrogen-bond acceptors (Lipinski definition) is 8. The molecular weight excluding hydrogens is 380 g/mol. The zero-order valence-electron chi connectivity index (χ0n) is 16.3. The molecule has 0 aromatic rings. The van der Waals surface area contributed by atoms with Gasteiger partial charge in [-0.3, -0.25) is 19.3 Å². The number of allylic oxidation sites excluding steroid dienone is 2. The Bertz CT molecular complexity index is 940. The summed E-state index contributed by atoms with van der Waals surface area (Å²) in [6.45, 7) is 1.72. The van der Waals surface area contributed by atoms with E-state index < -0.39 is 58.0 Å². The van der Waals surface area contributed by atoms with Crippen LogP contribution in [0, 0.1) is 11.8 Å². The third-order valence-electron chi connectivity index (χ3n) is 6.17. The van der Waals surface area contributed by atoms with E-state index in [0.29, 0.717) is 18.3 Å². The average molecular weight is 404 g/mol. The Hall–Kier alpha value is -2.91. The molecule has 0 bridgehead atoms. The average Bonchev–Trinajstić information content (AvgIpc) is 2.63. The van der Waals surface area contributed by atoms with Crippen LogP contribution in [0.5, 0.6) is 0 Å². The molecule has 9 heteroatoms. The van der Waals surface area contributed by atoms with Gasteiger partial charge in [-0.2, -0.15) is 0 Å². The molecule has 29 heavy (non-hydrogen) atoms. The fraction of sp³-hybridized carbons (Fsp3) is 0.450. The number of primary amides is 1. The molecule has 1 saturated carbocycles.